The average molecular weight is 304 g/mol. The van der Waals surface area contributed by atoms with Crippen LogP contribution in [0.3, 0.4) is 0 Å². The molecule has 116 valence electrons. The number of hydrogen-bond acceptors (Lipinski definition) is 4. The summed E-state index contributed by atoms with van der Waals surface area (Å²) in [5, 5.41) is 0. The first kappa shape index (κ1) is 14.7. The van der Waals surface area contributed by atoms with Crippen LogP contribution in [0.1, 0.15) is 32.6 Å². The molecule has 3 heterocycles. The minimum Gasteiger partial charge on any atom is -0.347 e. The van der Waals surface area contributed by atoms with Crippen molar-refractivity contribution in [3.05, 3.63) is 0 Å². The van der Waals surface area contributed by atoms with Crippen LogP contribution < -0.4 is 0 Å². The highest BCUT2D eigenvalue weighted by Crippen LogP contribution is 2.33. The summed E-state index contributed by atoms with van der Waals surface area (Å²) in [6.07, 6.45) is 3.35. The standard InChI is InChI=1S/C13H24N2O4S/c1-12-3-2-6-15(11-12)20(16,17)14-7-4-13(5-8-14)18-9-10-19-13/h12H,2-11H2,1H3. The summed E-state index contributed by atoms with van der Waals surface area (Å²) < 4.78 is 39.9. The van der Waals surface area contributed by atoms with Gasteiger partial charge in [0.05, 0.1) is 13.2 Å². The van der Waals surface area contributed by atoms with Gasteiger partial charge in [-0.05, 0) is 18.8 Å². The van der Waals surface area contributed by atoms with Crippen molar-refractivity contribution in [1.29, 1.82) is 0 Å². The molecular formula is C13H24N2O4S. The molecule has 0 N–H and O–H groups in total. The SMILES string of the molecule is CC1CCCN(S(=O)(=O)N2CCC3(CC2)OCCO3)C1. The molecule has 3 aliphatic rings. The van der Waals surface area contributed by atoms with Crippen molar-refractivity contribution in [2.24, 2.45) is 5.92 Å². The highest BCUT2D eigenvalue weighted by Gasteiger charge is 2.43. The molecule has 0 amide bonds. The lowest BCUT2D eigenvalue weighted by Gasteiger charge is -2.40. The lowest BCUT2D eigenvalue weighted by molar-refractivity contribution is -0.179. The van der Waals surface area contributed by atoms with Gasteiger partial charge in [0.1, 0.15) is 0 Å². The molecule has 20 heavy (non-hydrogen) atoms. The third-order valence-corrected chi connectivity index (χ3v) is 6.57. The van der Waals surface area contributed by atoms with E-state index >= 15 is 0 Å². The maximum atomic E-state index is 12.7. The normalized spacial score (nSPS) is 32.8. The quantitative estimate of drug-likeness (QED) is 0.757. The van der Waals surface area contributed by atoms with Crippen LogP contribution in [0.4, 0.5) is 0 Å². The van der Waals surface area contributed by atoms with E-state index in [4.69, 9.17) is 9.47 Å². The summed E-state index contributed by atoms with van der Waals surface area (Å²) in [6, 6.07) is 0. The van der Waals surface area contributed by atoms with Gasteiger partial charge in [0, 0.05) is 39.0 Å². The van der Waals surface area contributed by atoms with Crippen LogP contribution in [-0.2, 0) is 19.7 Å². The van der Waals surface area contributed by atoms with Gasteiger partial charge in [0.25, 0.3) is 10.2 Å². The van der Waals surface area contributed by atoms with Gasteiger partial charge in [-0.2, -0.15) is 17.0 Å². The van der Waals surface area contributed by atoms with Gasteiger partial charge in [0.2, 0.25) is 0 Å². The van der Waals surface area contributed by atoms with Gasteiger partial charge in [-0.1, -0.05) is 6.92 Å². The van der Waals surface area contributed by atoms with Crippen molar-refractivity contribution < 1.29 is 17.9 Å². The van der Waals surface area contributed by atoms with Gasteiger partial charge in [0.15, 0.2) is 5.79 Å². The van der Waals surface area contributed by atoms with E-state index in [0.717, 1.165) is 12.8 Å². The Morgan fingerprint density at radius 3 is 2.30 bits per heavy atom. The zero-order valence-electron chi connectivity index (χ0n) is 12.1. The molecule has 1 atom stereocenters. The molecule has 0 aromatic carbocycles. The summed E-state index contributed by atoms with van der Waals surface area (Å²) in [5.74, 6) is -0.0579. The Morgan fingerprint density at radius 2 is 1.70 bits per heavy atom. The van der Waals surface area contributed by atoms with E-state index in [1.165, 1.54) is 0 Å². The minimum absolute atomic E-state index is 0.455. The molecule has 1 spiro atoms. The molecule has 6 nitrogen and oxygen atoms in total. The smallest absolute Gasteiger partial charge is 0.281 e. The number of piperidine rings is 2. The number of nitrogens with zero attached hydrogens (tertiary/aromatic N) is 2. The van der Waals surface area contributed by atoms with E-state index in [0.29, 0.717) is 58.2 Å². The second-order valence-corrected chi connectivity index (χ2v) is 8.05. The van der Waals surface area contributed by atoms with Crippen LogP contribution in [0.15, 0.2) is 0 Å². The molecule has 0 aliphatic carbocycles. The van der Waals surface area contributed by atoms with Crippen molar-refractivity contribution in [2.45, 2.75) is 38.4 Å². The third kappa shape index (κ3) is 2.74. The second-order valence-electron chi connectivity index (χ2n) is 6.12. The fourth-order valence-corrected chi connectivity index (χ4v) is 5.14. The van der Waals surface area contributed by atoms with Gasteiger partial charge in [-0.3, -0.25) is 0 Å². The predicted octanol–water partition coefficient (Wildman–Crippen LogP) is 0.802. The molecule has 0 radical (unpaired) electrons. The second kappa shape index (κ2) is 5.53. The van der Waals surface area contributed by atoms with E-state index < -0.39 is 16.0 Å². The first-order valence-electron chi connectivity index (χ1n) is 7.55. The Bertz CT molecular complexity index is 437. The van der Waals surface area contributed by atoms with Crippen molar-refractivity contribution in [1.82, 2.24) is 8.61 Å². The Kier molecular flexibility index (Phi) is 4.07. The Labute approximate surface area is 121 Å². The first-order chi connectivity index (χ1) is 9.52. The first-order valence-corrected chi connectivity index (χ1v) is 8.95. The summed E-state index contributed by atoms with van der Waals surface area (Å²) in [5.41, 5.74) is 0. The van der Waals surface area contributed by atoms with Gasteiger partial charge in [-0.15, -0.1) is 0 Å². The van der Waals surface area contributed by atoms with E-state index in [1.54, 1.807) is 8.61 Å². The number of rotatable bonds is 2. The van der Waals surface area contributed by atoms with Crippen molar-refractivity contribution in [3.8, 4) is 0 Å². The van der Waals surface area contributed by atoms with Crippen LogP contribution in [-0.4, -0.2) is 62.2 Å². The summed E-state index contributed by atoms with van der Waals surface area (Å²) in [4.78, 5) is 0. The van der Waals surface area contributed by atoms with Crippen molar-refractivity contribution in [2.75, 3.05) is 39.4 Å². The van der Waals surface area contributed by atoms with E-state index in [9.17, 15) is 8.42 Å². The van der Waals surface area contributed by atoms with Gasteiger partial charge >= 0.3 is 0 Å². The molecule has 0 bridgehead atoms. The highest BCUT2D eigenvalue weighted by molar-refractivity contribution is 7.86. The lowest BCUT2D eigenvalue weighted by Crippen LogP contribution is -2.53. The van der Waals surface area contributed by atoms with Crippen LogP contribution in [0.2, 0.25) is 0 Å². The largest absolute Gasteiger partial charge is 0.347 e. The summed E-state index contributed by atoms with van der Waals surface area (Å²) >= 11 is 0. The van der Waals surface area contributed by atoms with Crippen molar-refractivity contribution in [3.63, 3.8) is 0 Å². The molecule has 3 fully saturated rings. The molecule has 3 rings (SSSR count). The topological polar surface area (TPSA) is 59.1 Å². The van der Waals surface area contributed by atoms with Crippen LogP contribution in [0.5, 0.6) is 0 Å². The van der Waals surface area contributed by atoms with Gasteiger partial charge in [-0.25, -0.2) is 0 Å². The predicted molar refractivity (Wildman–Crippen MR) is 74.3 cm³/mol. The third-order valence-electron chi connectivity index (χ3n) is 4.57. The zero-order chi connectivity index (χ0) is 14.2. The molecule has 3 saturated heterocycles. The van der Waals surface area contributed by atoms with Crippen LogP contribution in [0, 0.1) is 5.92 Å². The molecular weight excluding hydrogens is 280 g/mol. The molecule has 0 aromatic rings. The van der Waals surface area contributed by atoms with Crippen LogP contribution >= 0.6 is 0 Å². The monoisotopic (exact) mass is 304 g/mol. The Morgan fingerprint density at radius 1 is 1.05 bits per heavy atom. The Hall–Kier alpha value is -0.210. The maximum Gasteiger partial charge on any atom is 0.281 e. The lowest BCUT2D eigenvalue weighted by atomic mass is 10.0. The average Bonchev–Trinajstić information content (AvgIpc) is 2.87. The summed E-state index contributed by atoms with van der Waals surface area (Å²) in [6.45, 7) is 5.65. The fourth-order valence-electron chi connectivity index (χ4n) is 3.36. The molecule has 0 saturated carbocycles. The molecule has 1 unspecified atom stereocenters. The highest BCUT2D eigenvalue weighted by atomic mass is 32.2. The van der Waals surface area contributed by atoms with E-state index in [2.05, 4.69) is 6.92 Å². The zero-order valence-corrected chi connectivity index (χ0v) is 12.9. The molecule has 7 heteroatoms. The van der Waals surface area contributed by atoms with E-state index in [1.807, 2.05) is 0 Å². The summed E-state index contributed by atoms with van der Waals surface area (Å²) in [7, 11) is -3.31. The van der Waals surface area contributed by atoms with Crippen LogP contribution in [0.25, 0.3) is 0 Å². The van der Waals surface area contributed by atoms with Crippen molar-refractivity contribution >= 4 is 10.2 Å². The van der Waals surface area contributed by atoms with Gasteiger partial charge < -0.3 is 9.47 Å². The maximum absolute atomic E-state index is 12.7. The Balaban J connectivity index is 1.64. The molecule has 3 aliphatic heterocycles. The van der Waals surface area contributed by atoms with E-state index in [-0.39, 0.29) is 0 Å². The molecule has 0 aromatic heterocycles. The number of ether oxygens (including phenoxy) is 2. The minimum atomic E-state index is -3.31. The fraction of sp³-hybridized carbons (Fsp3) is 1.00. The number of hydrogen-bond donors (Lipinski definition) is 0.